The summed E-state index contributed by atoms with van der Waals surface area (Å²) in [4.78, 5) is 12.6. The molecule has 4 nitrogen and oxygen atoms in total. The molecule has 0 saturated carbocycles. The normalized spacial score (nSPS) is 11.6. The molecule has 0 fully saturated rings. The Morgan fingerprint density at radius 3 is 2.45 bits per heavy atom. The van der Waals surface area contributed by atoms with E-state index >= 15 is 0 Å². The highest BCUT2D eigenvalue weighted by molar-refractivity contribution is 6.30. The number of hydrogen-bond donors (Lipinski definition) is 1. The highest BCUT2D eigenvalue weighted by atomic mass is 35.5. The Morgan fingerprint density at radius 1 is 1.09 bits per heavy atom. The van der Waals surface area contributed by atoms with Crippen molar-refractivity contribution in [3.63, 3.8) is 0 Å². The third kappa shape index (κ3) is 4.81. The van der Waals surface area contributed by atoms with E-state index in [0.717, 1.165) is 44.4 Å². The van der Waals surface area contributed by atoms with E-state index in [-0.39, 0.29) is 5.91 Å². The van der Waals surface area contributed by atoms with Gasteiger partial charge in [-0.1, -0.05) is 53.6 Å². The molecule has 4 rings (SSSR count). The number of amides is 1. The number of allylic oxidation sites excluding steroid dienone is 1. The van der Waals surface area contributed by atoms with Crippen LogP contribution in [0.5, 0.6) is 5.75 Å². The highest BCUT2D eigenvalue weighted by Crippen LogP contribution is 2.40. The number of ether oxygens (including phenoxy) is 1. The average molecular weight is 460 g/mol. The molecule has 1 amide bonds. The number of rotatable bonds is 6. The minimum Gasteiger partial charge on any atom is -0.496 e. The second-order valence-electron chi connectivity index (χ2n) is 8.15. The summed E-state index contributed by atoms with van der Waals surface area (Å²) in [5.41, 5.74) is 7.63. The second kappa shape index (κ2) is 9.55. The average Bonchev–Trinajstić information content (AvgIpc) is 3.23. The summed E-state index contributed by atoms with van der Waals surface area (Å²) in [7, 11) is 1.63. The summed E-state index contributed by atoms with van der Waals surface area (Å²) in [6.45, 7) is 6.38. The van der Waals surface area contributed by atoms with Gasteiger partial charge in [-0.25, -0.2) is 0 Å². The first-order valence-electron chi connectivity index (χ1n) is 10.7. The molecule has 0 spiro atoms. The van der Waals surface area contributed by atoms with E-state index in [2.05, 4.69) is 36.5 Å². The molecule has 0 bridgehead atoms. The number of halogens is 1. The van der Waals surface area contributed by atoms with Gasteiger partial charge in [-0.15, -0.1) is 0 Å². The summed E-state index contributed by atoms with van der Waals surface area (Å²) in [6, 6.07) is 17.8. The van der Waals surface area contributed by atoms with Crippen LogP contribution in [0.2, 0.25) is 5.02 Å². The van der Waals surface area contributed by atoms with Crippen LogP contribution in [0.4, 0.5) is 0 Å². The van der Waals surface area contributed by atoms with Gasteiger partial charge in [0.05, 0.1) is 13.4 Å². The minimum atomic E-state index is -0.173. The van der Waals surface area contributed by atoms with Crippen molar-refractivity contribution in [1.29, 1.82) is 0 Å². The van der Waals surface area contributed by atoms with Crippen molar-refractivity contribution >= 4 is 34.1 Å². The SMILES string of the molecule is COc1c(/C(C)=C/C(=O)NCc2ccc(Cl)cc2)cc2c(-c3ccc(C)cc3)coc2c1C. The van der Waals surface area contributed by atoms with Crippen LogP contribution in [0.15, 0.2) is 71.4 Å². The molecule has 0 aliphatic rings. The van der Waals surface area contributed by atoms with E-state index < -0.39 is 0 Å². The van der Waals surface area contributed by atoms with Gasteiger partial charge in [-0.05, 0) is 55.7 Å². The number of aryl methyl sites for hydroxylation is 2. The summed E-state index contributed by atoms with van der Waals surface area (Å²) in [5.74, 6) is 0.528. The largest absolute Gasteiger partial charge is 0.496 e. The minimum absolute atomic E-state index is 0.173. The fraction of sp³-hybridized carbons (Fsp3) is 0.179. The van der Waals surface area contributed by atoms with Crippen LogP contribution in [0.1, 0.15) is 29.2 Å². The molecule has 0 aliphatic heterocycles. The third-order valence-electron chi connectivity index (χ3n) is 5.76. The van der Waals surface area contributed by atoms with Crippen molar-refractivity contribution in [3.05, 3.63) is 94.2 Å². The van der Waals surface area contributed by atoms with Crippen molar-refractivity contribution in [3.8, 4) is 16.9 Å². The molecular weight excluding hydrogens is 434 g/mol. The Bertz CT molecular complexity index is 1330. The van der Waals surface area contributed by atoms with Crippen LogP contribution in [0, 0.1) is 13.8 Å². The number of carbonyl (C=O) groups is 1. The zero-order valence-corrected chi connectivity index (χ0v) is 19.9. The number of furan rings is 1. The van der Waals surface area contributed by atoms with E-state index in [4.69, 9.17) is 20.8 Å². The van der Waals surface area contributed by atoms with Crippen LogP contribution < -0.4 is 10.1 Å². The van der Waals surface area contributed by atoms with Gasteiger partial charge in [0.15, 0.2) is 0 Å². The van der Waals surface area contributed by atoms with Crippen molar-refractivity contribution in [1.82, 2.24) is 5.32 Å². The number of fused-ring (bicyclic) bond motifs is 1. The maximum absolute atomic E-state index is 12.6. The molecule has 3 aromatic carbocycles. The fourth-order valence-corrected chi connectivity index (χ4v) is 4.07. The van der Waals surface area contributed by atoms with Crippen LogP contribution in [0.25, 0.3) is 27.7 Å². The highest BCUT2D eigenvalue weighted by Gasteiger charge is 2.18. The van der Waals surface area contributed by atoms with E-state index in [0.29, 0.717) is 17.3 Å². The second-order valence-corrected chi connectivity index (χ2v) is 8.58. The monoisotopic (exact) mass is 459 g/mol. The molecule has 0 aliphatic carbocycles. The van der Waals surface area contributed by atoms with Gasteiger partial charge >= 0.3 is 0 Å². The predicted molar refractivity (Wildman–Crippen MR) is 135 cm³/mol. The first-order valence-corrected chi connectivity index (χ1v) is 11.1. The standard InChI is InChI=1S/C28H26ClNO3/c1-17-5-9-21(10-6-17)25-16-33-28-19(3)27(32-4)23(14-24(25)28)18(2)13-26(31)30-15-20-7-11-22(29)12-8-20/h5-14,16H,15H2,1-4H3,(H,30,31)/b18-13+. The number of methoxy groups -OCH3 is 1. The van der Waals surface area contributed by atoms with Gasteiger partial charge in [-0.3, -0.25) is 4.79 Å². The first-order chi connectivity index (χ1) is 15.9. The number of carbonyl (C=O) groups excluding carboxylic acids is 1. The maximum Gasteiger partial charge on any atom is 0.244 e. The van der Waals surface area contributed by atoms with E-state index in [1.165, 1.54) is 5.56 Å². The van der Waals surface area contributed by atoms with Crippen LogP contribution in [-0.4, -0.2) is 13.0 Å². The molecule has 1 N–H and O–H groups in total. The number of nitrogens with one attached hydrogen (secondary N) is 1. The quantitative estimate of drug-likeness (QED) is 0.313. The lowest BCUT2D eigenvalue weighted by Crippen LogP contribution is -2.20. The van der Waals surface area contributed by atoms with Gasteiger partial charge in [0, 0.05) is 39.7 Å². The van der Waals surface area contributed by atoms with Gasteiger partial charge < -0.3 is 14.5 Å². The number of benzene rings is 3. The van der Waals surface area contributed by atoms with E-state index in [1.807, 2.05) is 44.2 Å². The van der Waals surface area contributed by atoms with Crippen LogP contribution >= 0.6 is 11.6 Å². The molecular formula is C28H26ClNO3. The van der Waals surface area contributed by atoms with Crippen LogP contribution in [-0.2, 0) is 11.3 Å². The lowest BCUT2D eigenvalue weighted by Gasteiger charge is -2.13. The summed E-state index contributed by atoms with van der Waals surface area (Å²) in [6.07, 6.45) is 3.38. The molecule has 5 heteroatoms. The Balaban J connectivity index is 1.67. The van der Waals surface area contributed by atoms with Gasteiger partial charge in [0.2, 0.25) is 5.91 Å². The van der Waals surface area contributed by atoms with Gasteiger partial charge in [0.1, 0.15) is 11.3 Å². The van der Waals surface area contributed by atoms with Gasteiger partial charge in [-0.2, -0.15) is 0 Å². The Labute approximate surface area is 198 Å². The first kappa shape index (κ1) is 22.7. The van der Waals surface area contributed by atoms with E-state index in [9.17, 15) is 4.79 Å². The van der Waals surface area contributed by atoms with Crippen LogP contribution in [0.3, 0.4) is 0 Å². The van der Waals surface area contributed by atoms with Crippen molar-refractivity contribution in [2.45, 2.75) is 27.3 Å². The zero-order chi connectivity index (χ0) is 23.5. The topological polar surface area (TPSA) is 51.5 Å². The molecule has 4 aromatic rings. The van der Waals surface area contributed by atoms with E-state index in [1.54, 1.807) is 19.4 Å². The molecule has 1 aromatic heterocycles. The number of hydrogen-bond acceptors (Lipinski definition) is 3. The third-order valence-corrected chi connectivity index (χ3v) is 6.02. The smallest absolute Gasteiger partial charge is 0.244 e. The Hall–Kier alpha value is -3.50. The van der Waals surface area contributed by atoms with Gasteiger partial charge in [0.25, 0.3) is 0 Å². The van der Waals surface area contributed by atoms with Crippen molar-refractivity contribution < 1.29 is 13.9 Å². The molecule has 1 heterocycles. The summed E-state index contributed by atoms with van der Waals surface area (Å²) >= 11 is 5.93. The molecule has 33 heavy (non-hydrogen) atoms. The fourth-order valence-electron chi connectivity index (χ4n) is 3.95. The van der Waals surface area contributed by atoms with Crippen molar-refractivity contribution in [2.75, 3.05) is 7.11 Å². The summed E-state index contributed by atoms with van der Waals surface area (Å²) in [5, 5.41) is 4.58. The molecule has 0 saturated heterocycles. The molecule has 0 radical (unpaired) electrons. The maximum atomic E-state index is 12.6. The zero-order valence-electron chi connectivity index (χ0n) is 19.2. The Kier molecular flexibility index (Phi) is 6.57. The summed E-state index contributed by atoms with van der Waals surface area (Å²) < 4.78 is 11.6. The molecule has 0 unspecified atom stereocenters. The molecule has 168 valence electrons. The van der Waals surface area contributed by atoms with Crippen molar-refractivity contribution in [2.24, 2.45) is 0 Å². The molecule has 0 atom stereocenters. The predicted octanol–water partition coefficient (Wildman–Crippen LogP) is 7.10. The lowest BCUT2D eigenvalue weighted by atomic mass is 9.96. The lowest BCUT2D eigenvalue weighted by molar-refractivity contribution is -0.116. The Morgan fingerprint density at radius 2 is 1.79 bits per heavy atom.